The van der Waals surface area contributed by atoms with Crippen molar-refractivity contribution >= 4 is 12.6 Å². The predicted molar refractivity (Wildman–Crippen MR) is 64.6 cm³/mol. The normalized spacial score (nSPS) is 10.8. The zero-order valence-corrected chi connectivity index (χ0v) is 12.4. The fourth-order valence-corrected chi connectivity index (χ4v) is 5.20. The lowest BCUT2D eigenvalue weighted by Gasteiger charge is -2.23. The molecule has 80 valence electrons. The second-order valence-electron chi connectivity index (χ2n) is 3.43. The lowest BCUT2D eigenvalue weighted by Crippen LogP contribution is -3.00. The van der Waals surface area contributed by atoms with Gasteiger partial charge in [0.25, 0.3) is 0 Å². The maximum atomic E-state index is 2.34. The Morgan fingerprint density at radius 3 is 1.64 bits per heavy atom. The first-order valence-corrected chi connectivity index (χ1v) is 7.55. The minimum atomic E-state index is -0.791. The number of hydrogen-bond acceptors (Lipinski definition) is 0. The van der Waals surface area contributed by atoms with Gasteiger partial charge in [0.05, 0.1) is 23.8 Å². The van der Waals surface area contributed by atoms with E-state index in [0.29, 0.717) is 0 Å². The van der Waals surface area contributed by atoms with Gasteiger partial charge >= 0.3 is 0 Å². The molecule has 2 heteroatoms. The van der Waals surface area contributed by atoms with Crippen molar-refractivity contribution in [2.45, 2.75) is 20.8 Å². The molecule has 1 aromatic carbocycles. The van der Waals surface area contributed by atoms with Gasteiger partial charge < -0.3 is 24.0 Å². The average molecular weight is 322 g/mol. The SMILES string of the molecule is CC[P+](CC)(CC)c1ccccc1.[I-]. The zero-order chi connectivity index (χ0) is 9.73. The van der Waals surface area contributed by atoms with Crippen LogP contribution < -0.4 is 29.3 Å². The van der Waals surface area contributed by atoms with Gasteiger partial charge in [-0.05, 0) is 32.9 Å². The van der Waals surface area contributed by atoms with Crippen LogP contribution in [-0.2, 0) is 0 Å². The largest absolute Gasteiger partial charge is 1.00 e. The molecule has 0 N–H and O–H groups in total. The van der Waals surface area contributed by atoms with Gasteiger partial charge in [0, 0.05) is 7.26 Å². The van der Waals surface area contributed by atoms with Gasteiger partial charge in [-0.2, -0.15) is 0 Å². The van der Waals surface area contributed by atoms with E-state index < -0.39 is 7.26 Å². The van der Waals surface area contributed by atoms with Gasteiger partial charge in [0.1, 0.15) is 0 Å². The van der Waals surface area contributed by atoms with E-state index in [1.54, 1.807) is 5.30 Å². The summed E-state index contributed by atoms with van der Waals surface area (Å²) in [5.41, 5.74) is 0. The maximum absolute atomic E-state index is 2.34. The summed E-state index contributed by atoms with van der Waals surface area (Å²) in [4.78, 5) is 0. The Morgan fingerprint density at radius 2 is 1.29 bits per heavy atom. The summed E-state index contributed by atoms with van der Waals surface area (Å²) in [6.45, 7) is 7.02. The lowest BCUT2D eigenvalue weighted by atomic mass is 10.4. The Morgan fingerprint density at radius 1 is 0.857 bits per heavy atom. The zero-order valence-electron chi connectivity index (χ0n) is 9.33. The molecule has 0 radical (unpaired) electrons. The smallest absolute Gasteiger partial charge is 0.0939 e. The van der Waals surface area contributed by atoms with Crippen LogP contribution in [-0.4, -0.2) is 18.5 Å². The first kappa shape index (κ1) is 14.4. The second kappa shape index (κ2) is 6.79. The van der Waals surface area contributed by atoms with E-state index >= 15 is 0 Å². The Balaban J connectivity index is 0.00000169. The lowest BCUT2D eigenvalue weighted by molar-refractivity contribution is -0.00000283. The van der Waals surface area contributed by atoms with Gasteiger partial charge in [-0.15, -0.1) is 0 Å². The summed E-state index contributed by atoms with van der Waals surface area (Å²) >= 11 is 0. The molecule has 0 saturated heterocycles. The number of benzene rings is 1. The fourth-order valence-electron chi connectivity index (χ4n) is 1.96. The molecule has 0 unspecified atom stereocenters. The van der Waals surface area contributed by atoms with Crippen molar-refractivity contribution in [1.82, 2.24) is 0 Å². The summed E-state index contributed by atoms with van der Waals surface area (Å²) < 4.78 is 0. The first-order chi connectivity index (χ1) is 6.29. The van der Waals surface area contributed by atoms with Crippen molar-refractivity contribution in [3.63, 3.8) is 0 Å². The minimum Gasteiger partial charge on any atom is -1.00 e. The Bertz CT molecular complexity index is 233. The van der Waals surface area contributed by atoms with Crippen LogP contribution >= 0.6 is 7.26 Å². The molecule has 14 heavy (non-hydrogen) atoms. The number of halogens is 1. The Kier molecular flexibility index (Phi) is 6.97. The molecule has 0 aromatic heterocycles. The monoisotopic (exact) mass is 322 g/mol. The maximum Gasteiger partial charge on any atom is 0.0939 e. The number of hydrogen-bond donors (Lipinski definition) is 0. The van der Waals surface area contributed by atoms with Crippen molar-refractivity contribution in [2.24, 2.45) is 0 Å². The van der Waals surface area contributed by atoms with Crippen molar-refractivity contribution in [1.29, 1.82) is 0 Å². The minimum absolute atomic E-state index is 0. The predicted octanol–water partition coefficient (Wildman–Crippen LogP) is 0.393. The summed E-state index contributed by atoms with van der Waals surface area (Å²) in [7, 11) is -0.791. The highest BCUT2D eigenvalue weighted by atomic mass is 127. The summed E-state index contributed by atoms with van der Waals surface area (Å²) in [5.74, 6) is 0. The molecular weight excluding hydrogens is 302 g/mol. The molecule has 0 amide bonds. The van der Waals surface area contributed by atoms with Crippen LogP contribution in [0.15, 0.2) is 30.3 Å². The molecule has 0 saturated carbocycles. The van der Waals surface area contributed by atoms with E-state index in [1.807, 2.05) is 0 Å². The van der Waals surface area contributed by atoms with E-state index in [4.69, 9.17) is 0 Å². The molecule has 0 bridgehead atoms. The van der Waals surface area contributed by atoms with Crippen LogP contribution in [0.5, 0.6) is 0 Å². The fraction of sp³-hybridized carbons (Fsp3) is 0.500. The first-order valence-electron chi connectivity index (χ1n) is 5.20. The molecule has 1 rings (SSSR count). The van der Waals surface area contributed by atoms with E-state index in [1.165, 1.54) is 18.5 Å². The third-order valence-electron chi connectivity index (χ3n) is 3.12. The standard InChI is InChI=1S/C12H20P.HI/c1-4-13(5-2,6-3)12-10-8-7-9-11-12;/h7-11H,4-6H2,1-3H3;1H/q+1;/p-1. The van der Waals surface area contributed by atoms with E-state index in [-0.39, 0.29) is 24.0 Å². The molecule has 0 nitrogen and oxygen atoms in total. The van der Waals surface area contributed by atoms with E-state index in [9.17, 15) is 0 Å². The highest BCUT2D eigenvalue weighted by Gasteiger charge is 2.33. The quantitative estimate of drug-likeness (QED) is 0.556. The molecule has 1 aromatic rings. The van der Waals surface area contributed by atoms with Crippen molar-refractivity contribution < 1.29 is 24.0 Å². The van der Waals surface area contributed by atoms with Crippen LogP contribution in [0.2, 0.25) is 0 Å². The second-order valence-corrected chi connectivity index (χ2v) is 8.13. The third kappa shape index (κ3) is 2.93. The van der Waals surface area contributed by atoms with Crippen LogP contribution in [0.3, 0.4) is 0 Å². The highest BCUT2D eigenvalue weighted by molar-refractivity contribution is 7.82. The van der Waals surface area contributed by atoms with Crippen LogP contribution in [0.25, 0.3) is 0 Å². The van der Waals surface area contributed by atoms with Crippen LogP contribution in [0, 0.1) is 0 Å². The Labute approximate surface area is 106 Å². The molecular formula is C12H20IP. The summed E-state index contributed by atoms with van der Waals surface area (Å²) in [6.07, 6.45) is 4.05. The molecule has 0 aliphatic rings. The number of rotatable bonds is 4. The van der Waals surface area contributed by atoms with Gasteiger partial charge in [-0.3, -0.25) is 0 Å². The van der Waals surface area contributed by atoms with Crippen molar-refractivity contribution in [3.05, 3.63) is 30.3 Å². The average Bonchev–Trinajstić information content (AvgIpc) is 2.23. The van der Waals surface area contributed by atoms with Gasteiger partial charge in [0.15, 0.2) is 0 Å². The summed E-state index contributed by atoms with van der Waals surface area (Å²) in [6, 6.07) is 11.1. The van der Waals surface area contributed by atoms with Crippen LogP contribution in [0.1, 0.15) is 20.8 Å². The molecule has 0 fully saturated rings. The van der Waals surface area contributed by atoms with E-state index in [2.05, 4.69) is 51.1 Å². The van der Waals surface area contributed by atoms with Gasteiger partial charge in [0.2, 0.25) is 0 Å². The molecule has 0 heterocycles. The third-order valence-corrected chi connectivity index (χ3v) is 8.15. The molecule has 0 aliphatic carbocycles. The highest BCUT2D eigenvalue weighted by Crippen LogP contribution is 2.56. The van der Waals surface area contributed by atoms with Gasteiger partial charge in [-0.1, -0.05) is 18.2 Å². The van der Waals surface area contributed by atoms with Crippen molar-refractivity contribution in [2.75, 3.05) is 18.5 Å². The molecule has 0 atom stereocenters. The molecule has 0 aliphatic heterocycles. The Hall–Kier alpha value is 0.380. The van der Waals surface area contributed by atoms with Crippen LogP contribution in [0.4, 0.5) is 0 Å². The van der Waals surface area contributed by atoms with Gasteiger partial charge in [-0.25, -0.2) is 0 Å². The summed E-state index contributed by atoms with van der Waals surface area (Å²) in [5, 5.41) is 1.61. The topological polar surface area (TPSA) is 0 Å². The molecule has 0 spiro atoms. The van der Waals surface area contributed by atoms with E-state index in [0.717, 1.165) is 0 Å². The van der Waals surface area contributed by atoms with Crippen molar-refractivity contribution in [3.8, 4) is 0 Å².